The smallest absolute Gasteiger partial charge is 0.339 e. The number of amides is 1. The van der Waals surface area contributed by atoms with Crippen molar-refractivity contribution < 1.29 is 24.2 Å². The van der Waals surface area contributed by atoms with Crippen molar-refractivity contribution in [2.45, 2.75) is 26.2 Å². The predicted octanol–water partition coefficient (Wildman–Crippen LogP) is 3.84. The minimum atomic E-state index is -1.00. The van der Waals surface area contributed by atoms with Gasteiger partial charge in [-0.3, -0.25) is 4.79 Å². The summed E-state index contributed by atoms with van der Waals surface area (Å²) in [5.41, 5.74) is 1.47. The summed E-state index contributed by atoms with van der Waals surface area (Å²) in [6.45, 7) is 2.16. The van der Waals surface area contributed by atoms with Gasteiger partial charge in [0.15, 0.2) is 11.5 Å². The van der Waals surface area contributed by atoms with Crippen molar-refractivity contribution in [2.24, 2.45) is 5.92 Å². The molecule has 1 aliphatic rings. The molecule has 26 heavy (non-hydrogen) atoms. The predicted molar refractivity (Wildman–Crippen MR) is 100.0 cm³/mol. The zero-order chi connectivity index (χ0) is 18.8. The summed E-state index contributed by atoms with van der Waals surface area (Å²) in [4.78, 5) is 25.5. The lowest BCUT2D eigenvalue weighted by Crippen LogP contribution is -2.15. The molecule has 1 heterocycles. The fraction of sp³-hybridized carbons (Fsp3) is 0.368. The minimum Gasteiger partial charge on any atom is -0.493 e. The van der Waals surface area contributed by atoms with Crippen LogP contribution >= 0.6 is 11.3 Å². The molecule has 0 fully saturated rings. The van der Waals surface area contributed by atoms with E-state index >= 15 is 0 Å². The zero-order valence-electron chi connectivity index (χ0n) is 14.9. The monoisotopic (exact) mass is 375 g/mol. The summed E-state index contributed by atoms with van der Waals surface area (Å²) >= 11 is 1.37. The molecule has 0 bridgehead atoms. The molecule has 138 valence electrons. The summed E-state index contributed by atoms with van der Waals surface area (Å²) in [6, 6.07) is 4.84. The summed E-state index contributed by atoms with van der Waals surface area (Å²) in [6.07, 6.45) is 2.56. The fourth-order valence-corrected chi connectivity index (χ4v) is 4.62. The Morgan fingerprint density at radius 3 is 2.62 bits per heavy atom. The third kappa shape index (κ3) is 3.39. The van der Waals surface area contributed by atoms with Gasteiger partial charge in [0.25, 0.3) is 5.91 Å². The van der Waals surface area contributed by atoms with E-state index in [0.29, 0.717) is 28.0 Å². The van der Waals surface area contributed by atoms with E-state index in [0.717, 1.165) is 29.7 Å². The molecule has 3 rings (SSSR count). The molecule has 0 aliphatic heterocycles. The Bertz CT molecular complexity index is 858. The molecule has 0 saturated carbocycles. The lowest BCUT2D eigenvalue weighted by atomic mass is 9.88. The number of carbonyl (C=O) groups is 2. The molecule has 0 radical (unpaired) electrons. The number of fused-ring (bicyclic) bond motifs is 1. The van der Waals surface area contributed by atoms with Gasteiger partial charge in [0.05, 0.1) is 19.8 Å². The van der Waals surface area contributed by atoms with Crippen molar-refractivity contribution in [3.63, 3.8) is 0 Å². The zero-order valence-corrected chi connectivity index (χ0v) is 15.7. The first-order chi connectivity index (χ1) is 12.4. The number of hydrogen-bond donors (Lipinski definition) is 2. The van der Waals surface area contributed by atoms with Gasteiger partial charge < -0.3 is 19.9 Å². The number of aromatic carboxylic acids is 1. The Labute approximate surface area is 155 Å². The van der Waals surface area contributed by atoms with Crippen LogP contribution in [-0.2, 0) is 12.8 Å². The topological polar surface area (TPSA) is 84.9 Å². The van der Waals surface area contributed by atoms with E-state index < -0.39 is 5.97 Å². The largest absolute Gasteiger partial charge is 0.493 e. The highest BCUT2D eigenvalue weighted by molar-refractivity contribution is 7.17. The quantitative estimate of drug-likeness (QED) is 0.829. The highest BCUT2D eigenvalue weighted by Gasteiger charge is 2.28. The normalized spacial score (nSPS) is 15.9. The van der Waals surface area contributed by atoms with E-state index in [1.807, 2.05) is 0 Å². The van der Waals surface area contributed by atoms with E-state index in [1.54, 1.807) is 18.2 Å². The Kier molecular flexibility index (Phi) is 5.18. The van der Waals surface area contributed by atoms with E-state index in [1.165, 1.54) is 25.6 Å². The molecule has 7 heteroatoms. The van der Waals surface area contributed by atoms with Gasteiger partial charge in [-0.05, 0) is 48.9 Å². The van der Waals surface area contributed by atoms with Crippen molar-refractivity contribution in [2.75, 3.05) is 19.5 Å². The van der Waals surface area contributed by atoms with Gasteiger partial charge in [-0.1, -0.05) is 6.92 Å². The number of ether oxygens (including phenoxy) is 2. The van der Waals surface area contributed by atoms with Gasteiger partial charge in [0.2, 0.25) is 0 Å². The van der Waals surface area contributed by atoms with E-state index in [9.17, 15) is 14.7 Å². The standard InChI is InChI=1S/C19H21NO5S/c1-10-4-6-12-15(8-10)26-18(16(12)19(22)23)20-17(21)11-5-7-13(24-2)14(9-11)25-3/h5,7,9-10H,4,6,8H2,1-3H3,(H,20,21)(H,22,23). The fourth-order valence-electron chi connectivity index (χ4n) is 3.22. The highest BCUT2D eigenvalue weighted by atomic mass is 32.1. The Balaban J connectivity index is 1.91. The number of methoxy groups -OCH3 is 2. The van der Waals surface area contributed by atoms with Crippen LogP contribution in [0, 0.1) is 5.92 Å². The van der Waals surface area contributed by atoms with Crippen LogP contribution in [0.4, 0.5) is 5.00 Å². The number of carboxylic acids is 1. The summed E-state index contributed by atoms with van der Waals surface area (Å²) in [5, 5.41) is 12.8. The second-order valence-electron chi connectivity index (χ2n) is 6.38. The second kappa shape index (κ2) is 7.37. The first-order valence-electron chi connectivity index (χ1n) is 8.35. The van der Waals surface area contributed by atoms with Crippen LogP contribution in [0.3, 0.4) is 0 Å². The van der Waals surface area contributed by atoms with Gasteiger partial charge in [0, 0.05) is 10.4 Å². The van der Waals surface area contributed by atoms with Crippen LogP contribution in [0.15, 0.2) is 18.2 Å². The SMILES string of the molecule is COc1ccc(C(=O)Nc2sc3c(c2C(=O)O)CCC(C)C3)cc1OC. The van der Waals surface area contributed by atoms with Crippen LogP contribution in [0.5, 0.6) is 11.5 Å². The maximum atomic E-state index is 12.6. The van der Waals surface area contributed by atoms with Gasteiger partial charge >= 0.3 is 5.97 Å². The van der Waals surface area contributed by atoms with Gasteiger partial charge in [-0.15, -0.1) is 11.3 Å². The van der Waals surface area contributed by atoms with E-state index in [4.69, 9.17) is 9.47 Å². The van der Waals surface area contributed by atoms with Crippen molar-refractivity contribution >= 4 is 28.2 Å². The molecule has 2 aromatic rings. The van der Waals surface area contributed by atoms with Gasteiger partial charge in [-0.2, -0.15) is 0 Å². The summed E-state index contributed by atoms with van der Waals surface area (Å²) < 4.78 is 10.4. The molecule has 0 spiro atoms. The number of nitrogens with one attached hydrogen (secondary N) is 1. The van der Waals surface area contributed by atoms with Crippen molar-refractivity contribution in [3.05, 3.63) is 39.8 Å². The third-order valence-electron chi connectivity index (χ3n) is 4.60. The number of thiophene rings is 1. The lowest BCUT2D eigenvalue weighted by molar-refractivity contribution is 0.0697. The number of anilines is 1. The number of carbonyl (C=O) groups excluding carboxylic acids is 1. The molecule has 1 unspecified atom stereocenters. The summed E-state index contributed by atoms with van der Waals surface area (Å²) in [5.74, 6) is 0.116. The molecule has 2 N–H and O–H groups in total. The van der Waals surface area contributed by atoms with Crippen LogP contribution in [0.1, 0.15) is 44.5 Å². The van der Waals surface area contributed by atoms with E-state index in [-0.39, 0.29) is 11.5 Å². The number of carboxylic acid groups (broad SMARTS) is 1. The molecular weight excluding hydrogens is 354 g/mol. The average Bonchev–Trinajstić information content (AvgIpc) is 2.97. The average molecular weight is 375 g/mol. The third-order valence-corrected chi connectivity index (χ3v) is 5.77. The van der Waals surface area contributed by atoms with Crippen LogP contribution in [0.25, 0.3) is 0 Å². The number of hydrogen-bond acceptors (Lipinski definition) is 5. The van der Waals surface area contributed by atoms with Crippen molar-refractivity contribution in [1.29, 1.82) is 0 Å². The molecule has 1 aromatic carbocycles. The van der Waals surface area contributed by atoms with Crippen molar-refractivity contribution in [3.8, 4) is 11.5 Å². The highest BCUT2D eigenvalue weighted by Crippen LogP contribution is 2.40. The second-order valence-corrected chi connectivity index (χ2v) is 7.49. The molecule has 6 nitrogen and oxygen atoms in total. The molecule has 1 amide bonds. The maximum absolute atomic E-state index is 12.6. The van der Waals surface area contributed by atoms with Crippen molar-refractivity contribution in [1.82, 2.24) is 0 Å². The van der Waals surface area contributed by atoms with Crippen LogP contribution < -0.4 is 14.8 Å². The first-order valence-corrected chi connectivity index (χ1v) is 9.17. The Hall–Kier alpha value is -2.54. The van der Waals surface area contributed by atoms with E-state index in [2.05, 4.69) is 12.2 Å². The minimum absolute atomic E-state index is 0.228. The summed E-state index contributed by atoms with van der Waals surface area (Å²) in [7, 11) is 3.02. The van der Waals surface area contributed by atoms with Crippen LogP contribution in [-0.4, -0.2) is 31.2 Å². The number of benzene rings is 1. The molecule has 1 aromatic heterocycles. The first kappa shape index (κ1) is 18.3. The molecule has 1 atom stereocenters. The van der Waals surface area contributed by atoms with Gasteiger partial charge in [0.1, 0.15) is 5.00 Å². The molecular formula is C19H21NO5S. The molecule has 1 aliphatic carbocycles. The van der Waals surface area contributed by atoms with Gasteiger partial charge in [-0.25, -0.2) is 4.79 Å². The molecule has 0 saturated heterocycles. The number of rotatable bonds is 5. The lowest BCUT2D eigenvalue weighted by Gasteiger charge is -2.17. The Morgan fingerprint density at radius 1 is 1.23 bits per heavy atom. The Morgan fingerprint density at radius 2 is 1.96 bits per heavy atom. The van der Waals surface area contributed by atoms with Crippen LogP contribution in [0.2, 0.25) is 0 Å². The maximum Gasteiger partial charge on any atom is 0.339 e.